The van der Waals surface area contributed by atoms with Crippen LogP contribution in [0.3, 0.4) is 0 Å². The third-order valence-corrected chi connectivity index (χ3v) is 4.15. The summed E-state index contributed by atoms with van der Waals surface area (Å²) in [6, 6.07) is 2.71. The van der Waals surface area contributed by atoms with Gasteiger partial charge in [-0.25, -0.2) is 4.98 Å². The predicted octanol–water partition coefficient (Wildman–Crippen LogP) is 2.90. The lowest BCUT2D eigenvalue weighted by molar-refractivity contribution is -0.137. The third kappa shape index (κ3) is 3.65. The number of halogens is 3. The summed E-state index contributed by atoms with van der Waals surface area (Å²) in [6.07, 6.45) is -3.40. The molecule has 0 atom stereocenters. The number of benzene rings is 1. The number of nitrogens with one attached hydrogen (secondary N) is 1. The smallest absolute Gasteiger partial charge is 0.416 e. The van der Waals surface area contributed by atoms with Gasteiger partial charge in [0, 0.05) is 11.6 Å². The van der Waals surface area contributed by atoms with Crippen molar-refractivity contribution in [1.82, 2.24) is 15.2 Å². The van der Waals surface area contributed by atoms with Crippen LogP contribution < -0.4 is 5.32 Å². The molecule has 6 nitrogen and oxygen atoms in total. The molecule has 0 aliphatic heterocycles. The molecule has 1 aliphatic rings. The first kappa shape index (κ1) is 17.4. The highest BCUT2D eigenvalue weighted by Crippen LogP contribution is 2.37. The summed E-state index contributed by atoms with van der Waals surface area (Å²) in [4.78, 5) is 4.23. The monoisotopic (exact) mass is 354 g/mol. The summed E-state index contributed by atoms with van der Waals surface area (Å²) in [5, 5.41) is 30.5. The zero-order valence-corrected chi connectivity index (χ0v) is 13.6. The van der Waals surface area contributed by atoms with Crippen LogP contribution in [0.1, 0.15) is 31.0 Å². The molecule has 3 rings (SSSR count). The van der Waals surface area contributed by atoms with E-state index in [1.54, 1.807) is 13.8 Å². The minimum Gasteiger partial charge on any atom is -0.507 e. The lowest BCUT2D eigenvalue weighted by Gasteiger charge is -2.41. The maximum atomic E-state index is 12.7. The van der Waals surface area contributed by atoms with Crippen molar-refractivity contribution in [1.29, 1.82) is 0 Å². The fourth-order valence-electron chi connectivity index (χ4n) is 2.91. The average molecular weight is 354 g/mol. The van der Waals surface area contributed by atoms with E-state index in [1.807, 2.05) is 0 Å². The van der Waals surface area contributed by atoms with Crippen LogP contribution in [-0.4, -0.2) is 37.0 Å². The van der Waals surface area contributed by atoms with Crippen LogP contribution in [0.4, 0.5) is 19.1 Å². The van der Waals surface area contributed by atoms with Gasteiger partial charge in [0.2, 0.25) is 5.95 Å². The van der Waals surface area contributed by atoms with Crippen molar-refractivity contribution in [3.8, 4) is 17.0 Å². The molecule has 3 N–H and O–H groups in total. The van der Waals surface area contributed by atoms with Crippen molar-refractivity contribution >= 4 is 5.95 Å². The zero-order valence-electron chi connectivity index (χ0n) is 13.6. The number of aromatic nitrogens is 3. The molecule has 0 saturated heterocycles. The quantitative estimate of drug-likeness (QED) is 0.785. The van der Waals surface area contributed by atoms with Gasteiger partial charge < -0.3 is 15.5 Å². The molecule has 2 aromatic rings. The van der Waals surface area contributed by atoms with Crippen molar-refractivity contribution in [3.05, 3.63) is 29.5 Å². The van der Waals surface area contributed by atoms with Crippen molar-refractivity contribution in [2.75, 3.05) is 5.32 Å². The van der Waals surface area contributed by atoms with Gasteiger partial charge in [-0.1, -0.05) is 0 Å². The van der Waals surface area contributed by atoms with Crippen LogP contribution in [0.25, 0.3) is 11.3 Å². The third-order valence-electron chi connectivity index (χ3n) is 4.15. The molecule has 1 aromatic carbocycles. The number of phenolic OH excluding ortho intramolecular Hbond substituents is 1. The molecule has 0 amide bonds. The SMILES string of the molecule is Cc1nc(NC2CC(C)(O)C2)nnc1-c1ccc(C(F)(F)F)cc1O. The van der Waals surface area contributed by atoms with E-state index in [0.717, 1.165) is 12.1 Å². The number of hydrogen-bond donors (Lipinski definition) is 3. The molecule has 25 heavy (non-hydrogen) atoms. The number of hydrogen-bond acceptors (Lipinski definition) is 6. The Bertz CT molecular complexity index is 800. The van der Waals surface area contributed by atoms with Crippen molar-refractivity contribution in [3.63, 3.8) is 0 Å². The number of anilines is 1. The van der Waals surface area contributed by atoms with Crippen LogP contribution in [0.15, 0.2) is 18.2 Å². The molecule has 0 spiro atoms. The number of aromatic hydroxyl groups is 1. The number of rotatable bonds is 3. The second-order valence-electron chi connectivity index (χ2n) is 6.55. The molecule has 0 radical (unpaired) electrons. The van der Waals surface area contributed by atoms with Crippen LogP contribution in [0, 0.1) is 6.92 Å². The highest BCUT2D eigenvalue weighted by Gasteiger charge is 2.38. The van der Waals surface area contributed by atoms with Gasteiger partial charge in [-0.15, -0.1) is 10.2 Å². The summed E-state index contributed by atoms with van der Waals surface area (Å²) in [5.74, 6) is -0.266. The molecule has 1 fully saturated rings. The highest BCUT2D eigenvalue weighted by atomic mass is 19.4. The number of aliphatic hydroxyl groups is 1. The Hall–Kier alpha value is -2.42. The lowest BCUT2D eigenvalue weighted by atomic mass is 9.77. The second-order valence-corrected chi connectivity index (χ2v) is 6.55. The normalized spacial score (nSPS) is 23.2. The molecule has 1 aliphatic carbocycles. The van der Waals surface area contributed by atoms with E-state index in [9.17, 15) is 23.4 Å². The standard InChI is InChI=1S/C16H17F3N4O2/c1-8-13(11-4-3-9(5-12(11)24)16(17,18)19)22-23-14(20-8)21-10-6-15(2,25)7-10/h3-5,10,24-25H,6-7H2,1-2H3,(H,20,21,23). The Morgan fingerprint density at radius 3 is 2.44 bits per heavy atom. The van der Waals surface area contributed by atoms with Crippen LogP contribution in [0.5, 0.6) is 5.75 Å². The summed E-state index contributed by atoms with van der Waals surface area (Å²) in [7, 11) is 0. The van der Waals surface area contributed by atoms with E-state index >= 15 is 0 Å². The Balaban J connectivity index is 1.82. The van der Waals surface area contributed by atoms with Gasteiger partial charge in [0.05, 0.1) is 16.9 Å². The van der Waals surface area contributed by atoms with Gasteiger partial charge >= 0.3 is 6.18 Å². The summed E-state index contributed by atoms with van der Waals surface area (Å²) in [6.45, 7) is 3.37. The van der Waals surface area contributed by atoms with Gasteiger partial charge in [-0.3, -0.25) is 0 Å². The molecule has 1 heterocycles. The Labute approximate surface area is 141 Å². The molecular formula is C16H17F3N4O2. The van der Waals surface area contributed by atoms with Gasteiger partial charge in [-0.2, -0.15) is 13.2 Å². The summed E-state index contributed by atoms with van der Waals surface area (Å²) in [5.41, 5.74) is -0.881. The molecule has 1 aromatic heterocycles. The summed E-state index contributed by atoms with van der Waals surface area (Å²) >= 11 is 0. The molecule has 0 unspecified atom stereocenters. The zero-order chi connectivity index (χ0) is 18.4. The van der Waals surface area contributed by atoms with E-state index < -0.39 is 23.1 Å². The van der Waals surface area contributed by atoms with Gasteiger partial charge in [0.15, 0.2) is 0 Å². The molecule has 0 bridgehead atoms. The number of aryl methyl sites for hydroxylation is 1. The second kappa shape index (κ2) is 5.83. The minimum atomic E-state index is -4.53. The molecular weight excluding hydrogens is 337 g/mol. The Morgan fingerprint density at radius 1 is 1.24 bits per heavy atom. The van der Waals surface area contributed by atoms with E-state index in [2.05, 4.69) is 20.5 Å². The number of phenols is 1. The maximum Gasteiger partial charge on any atom is 0.416 e. The van der Waals surface area contributed by atoms with Gasteiger partial charge in [0.1, 0.15) is 11.4 Å². The fraction of sp³-hybridized carbons (Fsp3) is 0.438. The maximum absolute atomic E-state index is 12.7. The Morgan fingerprint density at radius 2 is 1.92 bits per heavy atom. The topological polar surface area (TPSA) is 91.2 Å². The van der Waals surface area contributed by atoms with Crippen LogP contribution >= 0.6 is 0 Å². The van der Waals surface area contributed by atoms with Crippen molar-refractivity contribution in [2.45, 2.75) is 44.5 Å². The first-order chi connectivity index (χ1) is 11.5. The first-order valence-electron chi connectivity index (χ1n) is 7.66. The predicted molar refractivity (Wildman–Crippen MR) is 83.9 cm³/mol. The largest absolute Gasteiger partial charge is 0.507 e. The average Bonchev–Trinajstić information content (AvgIpc) is 2.45. The number of alkyl halides is 3. The molecule has 134 valence electrons. The van der Waals surface area contributed by atoms with Crippen molar-refractivity contribution in [2.24, 2.45) is 0 Å². The van der Waals surface area contributed by atoms with Crippen LogP contribution in [0.2, 0.25) is 0 Å². The van der Waals surface area contributed by atoms with Crippen LogP contribution in [-0.2, 0) is 6.18 Å². The summed E-state index contributed by atoms with van der Waals surface area (Å²) < 4.78 is 38.0. The van der Waals surface area contributed by atoms with E-state index in [0.29, 0.717) is 24.6 Å². The van der Waals surface area contributed by atoms with Gasteiger partial charge in [-0.05, 0) is 44.9 Å². The Kier molecular flexibility index (Phi) is 4.06. The fourth-order valence-corrected chi connectivity index (χ4v) is 2.91. The first-order valence-corrected chi connectivity index (χ1v) is 7.66. The van der Waals surface area contributed by atoms with E-state index in [-0.39, 0.29) is 23.2 Å². The highest BCUT2D eigenvalue weighted by molar-refractivity contribution is 5.69. The van der Waals surface area contributed by atoms with E-state index in [4.69, 9.17) is 0 Å². The van der Waals surface area contributed by atoms with Crippen molar-refractivity contribution < 1.29 is 23.4 Å². The molecule has 9 heteroatoms. The lowest BCUT2D eigenvalue weighted by Crippen LogP contribution is -2.48. The molecule has 1 saturated carbocycles. The van der Waals surface area contributed by atoms with E-state index in [1.165, 1.54) is 0 Å². The van der Waals surface area contributed by atoms with Gasteiger partial charge in [0.25, 0.3) is 0 Å². The number of nitrogens with zero attached hydrogens (tertiary/aromatic N) is 3. The minimum absolute atomic E-state index is 0.0431.